The van der Waals surface area contributed by atoms with Gasteiger partial charge in [-0.25, -0.2) is 4.89 Å². The van der Waals surface area contributed by atoms with E-state index in [9.17, 15) is 35.4 Å². The first-order valence-electron chi connectivity index (χ1n) is 9.88. The fourth-order valence-electron chi connectivity index (χ4n) is 3.88. The summed E-state index contributed by atoms with van der Waals surface area (Å²) in [6.07, 6.45) is -10.0. The molecule has 4 rings (SSSR count). The normalized spacial score (nSPS) is 31.6. The van der Waals surface area contributed by atoms with Crippen molar-refractivity contribution in [2.75, 3.05) is 0 Å². The lowest BCUT2D eigenvalue weighted by molar-refractivity contribution is -0.377. The third-order valence-electron chi connectivity index (χ3n) is 5.61. The van der Waals surface area contributed by atoms with Gasteiger partial charge in [-0.2, -0.15) is 0 Å². The Labute approximate surface area is 186 Å². The Hall–Kier alpha value is -3.13. The SMILES string of the molecule is CC1OC(OC2C(=O)c3c(O)cc(O)cc3OC2c2ccc(O)c(O)c2)C(O)C(OO)C1O. The zero-order chi connectivity index (χ0) is 24.0. The fourth-order valence-corrected chi connectivity index (χ4v) is 3.88. The van der Waals surface area contributed by atoms with Crippen LogP contribution in [0.4, 0.5) is 0 Å². The van der Waals surface area contributed by atoms with Gasteiger partial charge in [0.05, 0.1) is 6.10 Å². The molecule has 0 radical (unpaired) electrons. The predicted molar refractivity (Wildman–Crippen MR) is 106 cm³/mol. The number of aliphatic hydroxyl groups excluding tert-OH is 2. The first-order valence-corrected chi connectivity index (χ1v) is 9.88. The number of Topliss-reactive ketones (excluding diaryl/α,β-unsaturated/α-hetero) is 1. The summed E-state index contributed by atoms with van der Waals surface area (Å²) in [5.41, 5.74) is -0.129. The Morgan fingerprint density at radius 3 is 2.33 bits per heavy atom. The summed E-state index contributed by atoms with van der Waals surface area (Å²) < 4.78 is 17.0. The molecule has 1 saturated heterocycles. The van der Waals surface area contributed by atoms with Crippen molar-refractivity contribution < 1.29 is 59.8 Å². The average Bonchev–Trinajstić information content (AvgIpc) is 2.75. The lowest BCUT2D eigenvalue weighted by Crippen LogP contribution is -2.59. The van der Waals surface area contributed by atoms with Crippen molar-refractivity contribution in [3.8, 4) is 28.7 Å². The number of hydrogen-bond acceptors (Lipinski definition) is 12. The number of carbonyl (C=O) groups is 1. The highest BCUT2D eigenvalue weighted by atomic mass is 17.1. The quantitative estimate of drug-likeness (QED) is 0.188. The zero-order valence-electron chi connectivity index (χ0n) is 17.1. The molecule has 7 unspecified atom stereocenters. The molecule has 7 atom stereocenters. The van der Waals surface area contributed by atoms with Gasteiger partial charge in [0, 0.05) is 12.1 Å². The second-order valence-corrected chi connectivity index (χ2v) is 7.81. The van der Waals surface area contributed by atoms with Gasteiger partial charge >= 0.3 is 0 Å². The number of rotatable bonds is 4. The van der Waals surface area contributed by atoms with E-state index < -0.39 is 65.9 Å². The van der Waals surface area contributed by atoms with Gasteiger partial charge in [0.2, 0.25) is 5.78 Å². The Morgan fingerprint density at radius 1 is 0.939 bits per heavy atom. The highest BCUT2D eigenvalue weighted by Crippen LogP contribution is 2.44. The van der Waals surface area contributed by atoms with E-state index in [0.717, 1.165) is 24.3 Å². The lowest BCUT2D eigenvalue weighted by atomic mass is 9.92. The van der Waals surface area contributed by atoms with Gasteiger partial charge in [0.25, 0.3) is 0 Å². The highest BCUT2D eigenvalue weighted by Gasteiger charge is 2.49. The van der Waals surface area contributed by atoms with Gasteiger partial charge in [0.15, 0.2) is 36.1 Å². The van der Waals surface area contributed by atoms with Crippen LogP contribution in [0.3, 0.4) is 0 Å². The van der Waals surface area contributed by atoms with E-state index in [1.165, 1.54) is 13.0 Å². The van der Waals surface area contributed by atoms with Crippen LogP contribution >= 0.6 is 0 Å². The van der Waals surface area contributed by atoms with Gasteiger partial charge in [-0.15, -0.1) is 0 Å². The molecular weight excluding hydrogens is 444 g/mol. The van der Waals surface area contributed by atoms with E-state index in [2.05, 4.69) is 4.89 Å². The summed E-state index contributed by atoms with van der Waals surface area (Å²) in [4.78, 5) is 17.5. The first kappa shape index (κ1) is 23.0. The van der Waals surface area contributed by atoms with E-state index in [4.69, 9.17) is 19.5 Å². The van der Waals surface area contributed by atoms with Gasteiger partial charge < -0.3 is 44.8 Å². The molecule has 0 saturated carbocycles. The molecule has 2 heterocycles. The number of benzene rings is 2. The number of aliphatic hydroxyl groups is 2. The van der Waals surface area contributed by atoms with E-state index >= 15 is 0 Å². The van der Waals surface area contributed by atoms with Crippen LogP contribution in [0.25, 0.3) is 0 Å². The molecule has 12 nitrogen and oxygen atoms in total. The molecule has 0 spiro atoms. The number of carbonyl (C=O) groups excluding carboxylic acids is 1. The van der Waals surface area contributed by atoms with Crippen LogP contribution in [0.15, 0.2) is 30.3 Å². The molecule has 1 fully saturated rings. The summed E-state index contributed by atoms with van der Waals surface area (Å²) >= 11 is 0. The predicted octanol–water partition coefficient (Wildman–Crippen LogP) is 0.535. The largest absolute Gasteiger partial charge is 0.508 e. The summed E-state index contributed by atoms with van der Waals surface area (Å²) in [5, 5.41) is 69.1. The minimum Gasteiger partial charge on any atom is -0.508 e. The van der Waals surface area contributed by atoms with Crippen LogP contribution in [0.5, 0.6) is 28.7 Å². The van der Waals surface area contributed by atoms with Crippen LogP contribution in [0.1, 0.15) is 28.9 Å². The smallest absolute Gasteiger partial charge is 0.203 e. The van der Waals surface area contributed by atoms with E-state index in [0.29, 0.717) is 0 Å². The summed E-state index contributed by atoms with van der Waals surface area (Å²) in [6, 6.07) is 5.67. The number of phenols is 4. The third-order valence-corrected chi connectivity index (χ3v) is 5.61. The minimum atomic E-state index is -1.72. The molecule has 0 bridgehead atoms. The van der Waals surface area contributed by atoms with Crippen LogP contribution in [-0.2, 0) is 14.4 Å². The van der Waals surface area contributed by atoms with Gasteiger partial charge in [-0.3, -0.25) is 10.1 Å². The topological polar surface area (TPSA) is 196 Å². The number of phenolic OH excluding ortho intramolecular Hbond substituents is 4. The van der Waals surface area contributed by atoms with Crippen molar-refractivity contribution in [2.24, 2.45) is 0 Å². The molecule has 178 valence electrons. The molecule has 0 amide bonds. The minimum absolute atomic E-state index is 0.166. The maximum absolute atomic E-state index is 13.3. The van der Waals surface area contributed by atoms with Crippen molar-refractivity contribution in [3.05, 3.63) is 41.5 Å². The molecule has 12 heteroatoms. The Morgan fingerprint density at radius 2 is 1.67 bits per heavy atom. The fraction of sp³-hybridized carbons (Fsp3) is 0.381. The monoisotopic (exact) mass is 466 g/mol. The molecule has 0 aromatic heterocycles. The maximum atomic E-state index is 13.3. The van der Waals surface area contributed by atoms with Crippen molar-refractivity contribution in [3.63, 3.8) is 0 Å². The van der Waals surface area contributed by atoms with Crippen molar-refractivity contribution >= 4 is 5.78 Å². The molecule has 2 aromatic carbocycles. The van der Waals surface area contributed by atoms with Crippen molar-refractivity contribution in [2.45, 2.75) is 49.8 Å². The summed E-state index contributed by atoms with van der Waals surface area (Å²) in [6.45, 7) is 1.43. The second kappa shape index (κ2) is 8.67. The molecule has 33 heavy (non-hydrogen) atoms. The van der Waals surface area contributed by atoms with Gasteiger partial charge in [-0.05, 0) is 24.6 Å². The standard InChI is InChI=1S/C21H22O12/c1-7-15(26)19(33-29)17(28)21(30-7)32-20-16(27)14-12(25)5-9(22)6-13(14)31-18(20)8-2-3-10(23)11(24)4-8/h2-7,15,17-26,28-29H,1H3. The molecule has 2 aliphatic heterocycles. The Bertz CT molecular complexity index is 1060. The number of hydrogen-bond donors (Lipinski definition) is 7. The van der Waals surface area contributed by atoms with Crippen LogP contribution in [0, 0.1) is 0 Å². The first-order chi connectivity index (χ1) is 15.6. The van der Waals surface area contributed by atoms with Gasteiger partial charge in [-0.1, -0.05) is 6.07 Å². The van der Waals surface area contributed by atoms with Crippen LogP contribution in [-0.4, -0.2) is 78.5 Å². The zero-order valence-corrected chi connectivity index (χ0v) is 17.1. The molecule has 7 N–H and O–H groups in total. The molecule has 2 aromatic rings. The molecule has 0 aliphatic carbocycles. The molecular formula is C21H22O12. The number of fused-ring (bicyclic) bond motifs is 1. The maximum Gasteiger partial charge on any atom is 0.203 e. The summed E-state index contributed by atoms with van der Waals surface area (Å²) in [7, 11) is 0. The number of ketones is 1. The lowest BCUT2D eigenvalue weighted by Gasteiger charge is -2.42. The van der Waals surface area contributed by atoms with Crippen molar-refractivity contribution in [1.82, 2.24) is 0 Å². The Kier molecular flexibility index (Phi) is 6.05. The third kappa shape index (κ3) is 4.04. The van der Waals surface area contributed by atoms with E-state index in [-0.39, 0.29) is 22.6 Å². The van der Waals surface area contributed by atoms with Crippen molar-refractivity contribution in [1.29, 1.82) is 0 Å². The van der Waals surface area contributed by atoms with E-state index in [1.54, 1.807) is 0 Å². The number of ether oxygens (including phenoxy) is 3. The van der Waals surface area contributed by atoms with Crippen LogP contribution < -0.4 is 4.74 Å². The molecule has 2 aliphatic rings. The number of aromatic hydroxyl groups is 4. The van der Waals surface area contributed by atoms with E-state index in [1.807, 2.05) is 0 Å². The average molecular weight is 466 g/mol. The highest BCUT2D eigenvalue weighted by molar-refractivity contribution is 6.05. The van der Waals surface area contributed by atoms with Crippen LogP contribution in [0.2, 0.25) is 0 Å². The second-order valence-electron chi connectivity index (χ2n) is 7.81. The Balaban J connectivity index is 1.75. The van der Waals surface area contributed by atoms with Gasteiger partial charge in [0.1, 0.15) is 35.0 Å². The summed E-state index contributed by atoms with van der Waals surface area (Å²) in [5.74, 6) is -2.86.